The molecule has 16 heavy (non-hydrogen) atoms. The van der Waals surface area contributed by atoms with Gasteiger partial charge in [0.15, 0.2) is 0 Å². The van der Waals surface area contributed by atoms with Gasteiger partial charge in [-0.15, -0.1) is 0 Å². The van der Waals surface area contributed by atoms with E-state index in [0.717, 1.165) is 37.2 Å². The van der Waals surface area contributed by atoms with Crippen molar-refractivity contribution >= 4 is 11.6 Å². The van der Waals surface area contributed by atoms with Gasteiger partial charge in [0.25, 0.3) is 0 Å². The third-order valence-electron chi connectivity index (χ3n) is 3.35. The van der Waals surface area contributed by atoms with Gasteiger partial charge in [-0.25, -0.2) is 9.97 Å². The molecule has 1 saturated carbocycles. The monoisotopic (exact) mass is 218 g/mol. The maximum atomic E-state index is 4.34. The Morgan fingerprint density at radius 2 is 2.06 bits per heavy atom. The maximum absolute atomic E-state index is 4.34. The highest BCUT2D eigenvalue weighted by atomic mass is 15.2. The number of nitrogens with zero attached hydrogens (tertiary/aromatic N) is 3. The van der Waals surface area contributed by atoms with E-state index in [1.165, 1.54) is 25.7 Å². The molecule has 1 aliphatic carbocycles. The van der Waals surface area contributed by atoms with Crippen molar-refractivity contribution < 1.29 is 0 Å². The summed E-state index contributed by atoms with van der Waals surface area (Å²) in [6, 6.07) is 2.08. The van der Waals surface area contributed by atoms with Crippen molar-refractivity contribution in [1.82, 2.24) is 9.97 Å². The van der Waals surface area contributed by atoms with E-state index in [1.54, 1.807) is 6.33 Å². The Balaban J connectivity index is 1.65. The SMILES string of the molecule is c1nc(NCC2CC2)cc(N2CCCC2)n1. The Morgan fingerprint density at radius 3 is 2.81 bits per heavy atom. The molecule has 0 amide bonds. The molecule has 0 aromatic carbocycles. The Hall–Kier alpha value is -1.32. The highest BCUT2D eigenvalue weighted by molar-refractivity contribution is 5.48. The van der Waals surface area contributed by atoms with Crippen LogP contribution < -0.4 is 10.2 Å². The Morgan fingerprint density at radius 1 is 1.25 bits per heavy atom. The molecule has 2 aliphatic rings. The van der Waals surface area contributed by atoms with Gasteiger partial charge in [-0.05, 0) is 31.6 Å². The number of nitrogens with one attached hydrogen (secondary N) is 1. The topological polar surface area (TPSA) is 41.1 Å². The lowest BCUT2D eigenvalue weighted by molar-refractivity contribution is 0.876. The second-order valence-corrected chi connectivity index (χ2v) is 4.78. The van der Waals surface area contributed by atoms with Crippen molar-refractivity contribution in [3.8, 4) is 0 Å². The standard InChI is InChI=1S/C12H18N4/c1-2-6-16(5-1)12-7-11(14-9-15-12)13-8-10-3-4-10/h7,9-10H,1-6,8H2,(H,13,14,15). The first-order valence-electron chi connectivity index (χ1n) is 6.23. The fraction of sp³-hybridized carbons (Fsp3) is 0.667. The summed E-state index contributed by atoms with van der Waals surface area (Å²) in [4.78, 5) is 10.9. The molecule has 1 aromatic heterocycles. The molecule has 1 aromatic rings. The van der Waals surface area contributed by atoms with Crippen LogP contribution in [0.15, 0.2) is 12.4 Å². The minimum Gasteiger partial charge on any atom is -0.370 e. The molecular weight excluding hydrogens is 200 g/mol. The minimum atomic E-state index is 0.880. The van der Waals surface area contributed by atoms with Gasteiger partial charge in [0, 0.05) is 25.7 Å². The predicted molar refractivity (Wildman–Crippen MR) is 64.7 cm³/mol. The summed E-state index contributed by atoms with van der Waals surface area (Å²) in [5, 5.41) is 3.39. The van der Waals surface area contributed by atoms with Crippen molar-refractivity contribution in [2.24, 2.45) is 5.92 Å². The van der Waals surface area contributed by atoms with E-state index in [0.29, 0.717) is 0 Å². The van der Waals surface area contributed by atoms with Crippen LogP contribution in [-0.2, 0) is 0 Å². The number of aromatic nitrogens is 2. The first-order chi connectivity index (χ1) is 7.92. The zero-order valence-electron chi connectivity index (χ0n) is 9.52. The lowest BCUT2D eigenvalue weighted by Crippen LogP contribution is -2.19. The number of rotatable bonds is 4. The van der Waals surface area contributed by atoms with E-state index in [9.17, 15) is 0 Å². The van der Waals surface area contributed by atoms with Gasteiger partial charge in [0.05, 0.1) is 0 Å². The summed E-state index contributed by atoms with van der Waals surface area (Å²) in [5.74, 6) is 2.93. The second-order valence-electron chi connectivity index (χ2n) is 4.78. The molecule has 0 radical (unpaired) electrons. The summed E-state index contributed by atoms with van der Waals surface area (Å²) < 4.78 is 0. The largest absolute Gasteiger partial charge is 0.370 e. The van der Waals surface area contributed by atoms with Gasteiger partial charge < -0.3 is 10.2 Å². The van der Waals surface area contributed by atoms with E-state index in [2.05, 4.69) is 26.3 Å². The van der Waals surface area contributed by atoms with Gasteiger partial charge in [-0.2, -0.15) is 0 Å². The number of hydrogen-bond donors (Lipinski definition) is 1. The maximum Gasteiger partial charge on any atom is 0.134 e. The van der Waals surface area contributed by atoms with Crippen molar-refractivity contribution in [2.75, 3.05) is 29.9 Å². The summed E-state index contributed by atoms with van der Waals surface area (Å²) in [7, 11) is 0. The van der Waals surface area contributed by atoms with Crippen LogP contribution in [0.1, 0.15) is 25.7 Å². The van der Waals surface area contributed by atoms with Crippen molar-refractivity contribution in [3.05, 3.63) is 12.4 Å². The third-order valence-corrected chi connectivity index (χ3v) is 3.35. The first kappa shape index (κ1) is 9.87. The second kappa shape index (κ2) is 4.28. The highest BCUT2D eigenvalue weighted by Gasteiger charge is 2.21. The molecule has 2 heterocycles. The van der Waals surface area contributed by atoms with E-state index in [1.807, 2.05) is 0 Å². The van der Waals surface area contributed by atoms with Crippen LogP contribution in [0, 0.1) is 5.92 Å². The summed E-state index contributed by atoms with van der Waals surface area (Å²) in [6.45, 7) is 3.34. The van der Waals surface area contributed by atoms with Gasteiger partial charge in [0.1, 0.15) is 18.0 Å². The normalized spacial score (nSPS) is 20.1. The average Bonchev–Trinajstić information content (AvgIpc) is 2.99. The molecule has 1 aliphatic heterocycles. The van der Waals surface area contributed by atoms with Crippen LogP contribution in [0.3, 0.4) is 0 Å². The van der Waals surface area contributed by atoms with Gasteiger partial charge in [-0.1, -0.05) is 0 Å². The molecule has 1 N–H and O–H groups in total. The van der Waals surface area contributed by atoms with Crippen LogP contribution >= 0.6 is 0 Å². The molecule has 86 valence electrons. The lowest BCUT2D eigenvalue weighted by atomic mass is 10.4. The minimum absolute atomic E-state index is 0.880. The van der Waals surface area contributed by atoms with Crippen molar-refractivity contribution in [3.63, 3.8) is 0 Å². The Kier molecular flexibility index (Phi) is 2.64. The molecule has 1 saturated heterocycles. The molecular formula is C12H18N4. The molecule has 3 rings (SSSR count). The van der Waals surface area contributed by atoms with Crippen LogP contribution in [0.25, 0.3) is 0 Å². The van der Waals surface area contributed by atoms with Gasteiger partial charge >= 0.3 is 0 Å². The quantitative estimate of drug-likeness (QED) is 0.838. The van der Waals surface area contributed by atoms with E-state index in [-0.39, 0.29) is 0 Å². The van der Waals surface area contributed by atoms with E-state index >= 15 is 0 Å². The highest BCUT2D eigenvalue weighted by Crippen LogP contribution is 2.29. The Bertz CT molecular complexity index is 356. The van der Waals surface area contributed by atoms with Crippen molar-refractivity contribution in [2.45, 2.75) is 25.7 Å². The smallest absolute Gasteiger partial charge is 0.134 e. The van der Waals surface area contributed by atoms with Crippen LogP contribution in [0.2, 0.25) is 0 Å². The molecule has 2 fully saturated rings. The Labute approximate surface area is 96.1 Å². The number of hydrogen-bond acceptors (Lipinski definition) is 4. The molecule has 0 spiro atoms. The molecule has 0 bridgehead atoms. The fourth-order valence-corrected chi connectivity index (χ4v) is 2.13. The zero-order valence-corrected chi connectivity index (χ0v) is 9.52. The van der Waals surface area contributed by atoms with Crippen molar-refractivity contribution in [1.29, 1.82) is 0 Å². The third kappa shape index (κ3) is 2.26. The molecule has 4 heteroatoms. The van der Waals surface area contributed by atoms with Gasteiger partial charge in [0.2, 0.25) is 0 Å². The van der Waals surface area contributed by atoms with Crippen LogP contribution in [0.5, 0.6) is 0 Å². The van der Waals surface area contributed by atoms with Crippen LogP contribution in [-0.4, -0.2) is 29.6 Å². The lowest BCUT2D eigenvalue weighted by Gasteiger charge is -2.16. The molecule has 0 atom stereocenters. The van der Waals surface area contributed by atoms with E-state index in [4.69, 9.17) is 0 Å². The molecule has 0 unspecified atom stereocenters. The van der Waals surface area contributed by atoms with Crippen LogP contribution in [0.4, 0.5) is 11.6 Å². The first-order valence-corrected chi connectivity index (χ1v) is 6.23. The fourth-order valence-electron chi connectivity index (χ4n) is 2.13. The summed E-state index contributed by atoms with van der Waals surface area (Å²) >= 11 is 0. The predicted octanol–water partition coefficient (Wildman–Crippen LogP) is 1.90. The van der Waals surface area contributed by atoms with Gasteiger partial charge in [-0.3, -0.25) is 0 Å². The number of anilines is 2. The molecule has 4 nitrogen and oxygen atoms in total. The summed E-state index contributed by atoms with van der Waals surface area (Å²) in [5.41, 5.74) is 0. The van der Waals surface area contributed by atoms with E-state index < -0.39 is 0 Å². The summed E-state index contributed by atoms with van der Waals surface area (Å²) in [6.07, 6.45) is 6.99. The zero-order chi connectivity index (χ0) is 10.8. The average molecular weight is 218 g/mol.